The van der Waals surface area contributed by atoms with Crippen LogP contribution in [0.2, 0.25) is 0 Å². The van der Waals surface area contributed by atoms with Crippen LogP contribution in [0.4, 0.5) is 0 Å². The van der Waals surface area contributed by atoms with E-state index < -0.39 is 36.7 Å². The SMILES string of the molecule is CCC(C)[C@H](N)C(=O)OCC([C]=O)OC(=O)[C@@H](N)C(C)CC. The normalized spacial score (nSPS) is 17.7. The third-order valence-corrected chi connectivity index (χ3v) is 3.83. The van der Waals surface area contributed by atoms with Crippen LogP contribution in [0.5, 0.6) is 0 Å². The van der Waals surface area contributed by atoms with Gasteiger partial charge in [0.15, 0.2) is 0 Å². The molecule has 0 aliphatic heterocycles. The third kappa shape index (κ3) is 6.53. The van der Waals surface area contributed by atoms with E-state index in [1.54, 1.807) is 6.92 Å². The third-order valence-electron chi connectivity index (χ3n) is 3.83. The van der Waals surface area contributed by atoms with E-state index in [2.05, 4.69) is 0 Å². The molecule has 0 saturated carbocycles. The molecule has 0 aromatic carbocycles. The Morgan fingerprint density at radius 1 is 1.00 bits per heavy atom. The van der Waals surface area contributed by atoms with E-state index in [1.165, 1.54) is 6.29 Å². The van der Waals surface area contributed by atoms with Crippen molar-refractivity contribution in [2.75, 3.05) is 6.61 Å². The first-order chi connectivity index (χ1) is 10.3. The predicted octanol–water partition coefficient (Wildman–Crippen LogP) is 0.298. The van der Waals surface area contributed by atoms with Gasteiger partial charge in [0, 0.05) is 0 Å². The van der Waals surface area contributed by atoms with Crippen LogP contribution in [0.15, 0.2) is 0 Å². The van der Waals surface area contributed by atoms with Gasteiger partial charge >= 0.3 is 11.9 Å². The van der Waals surface area contributed by atoms with Crippen LogP contribution in [-0.4, -0.2) is 43.0 Å². The Kier molecular flexibility index (Phi) is 9.60. The van der Waals surface area contributed by atoms with Crippen molar-refractivity contribution in [2.45, 2.75) is 58.7 Å². The zero-order valence-electron chi connectivity index (χ0n) is 13.7. The first-order valence-corrected chi connectivity index (χ1v) is 7.54. The van der Waals surface area contributed by atoms with Crippen molar-refractivity contribution in [1.29, 1.82) is 0 Å². The van der Waals surface area contributed by atoms with Gasteiger partial charge in [0.1, 0.15) is 18.7 Å². The van der Waals surface area contributed by atoms with Crippen molar-refractivity contribution < 1.29 is 23.9 Å². The van der Waals surface area contributed by atoms with Crippen molar-refractivity contribution in [1.82, 2.24) is 0 Å². The van der Waals surface area contributed by atoms with Crippen LogP contribution in [0.1, 0.15) is 40.5 Å². The smallest absolute Gasteiger partial charge is 0.324 e. The highest BCUT2D eigenvalue weighted by atomic mass is 16.6. The molecule has 0 fully saturated rings. The molecule has 0 aromatic heterocycles. The Labute approximate surface area is 131 Å². The fourth-order valence-electron chi connectivity index (χ4n) is 1.54. The van der Waals surface area contributed by atoms with Crippen LogP contribution < -0.4 is 11.5 Å². The monoisotopic (exact) mass is 315 g/mol. The molecule has 5 atom stereocenters. The van der Waals surface area contributed by atoms with Crippen LogP contribution in [-0.2, 0) is 23.9 Å². The molecule has 0 amide bonds. The summed E-state index contributed by atoms with van der Waals surface area (Å²) >= 11 is 0. The van der Waals surface area contributed by atoms with Gasteiger partial charge in [-0.25, -0.2) is 0 Å². The second kappa shape index (κ2) is 10.3. The quantitative estimate of drug-likeness (QED) is 0.556. The Morgan fingerprint density at radius 3 is 1.86 bits per heavy atom. The van der Waals surface area contributed by atoms with Crippen molar-refractivity contribution in [3.8, 4) is 0 Å². The summed E-state index contributed by atoms with van der Waals surface area (Å²) in [7, 11) is 0. The molecule has 0 saturated heterocycles. The highest BCUT2D eigenvalue weighted by Gasteiger charge is 2.27. The molecule has 7 heteroatoms. The van der Waals surface area contributed by atoms with Gasteiger partial charge in [0.05, 0.1) is 0 Å². The average molecular weight is 315 g/mol. The molecule has 22 heavy (non-hydrogen) atoms. The van der Waals surface area contributed by atoms with E-state index in [-0.39, 0.29) is 11.8 Å². The Bertz CT molecular complexity index is 375. The number of carbonyl (C=O) groups is 2. The molecule has 0 spiro atoms. The fourth-order valence-corrected chi connectivity index (χ4v) is 1.54. The molecule has 0 aliphatic carbocycles. The van der Waals surface area contributed by atoms with Crippen molar-refractivity contribution in [2.24, 2.45) is 23.3 Å². The minimum absolute atomic E-state index is 0.0486. The number of carbonyl (C=O) groups excluding carboxylic acids is 3. The Morgan fingerprint density at radius 2 is 1.45 bits per heavy atom. The van der Waals surface area contributed by atoms with E-state index >= 15 is 0 Å². The lowest BCUT2D eigenvalue weighted by molar-refractivity contribution is -0.158. The Hall–Kier alpha value is -1.47. The minimum atomic E-state index is -1.30. The highest BCUT2D eigenvalue weighted by Crippen LogP contribution is 2.09. The van der Waals surface area contributed by atoms with Gasteiger partial charge in [-0.15, -0.1) is 0 Å². The largest absolute Gasteiger partial charge is 0.460 e. The van der Waals surface area contributed by atoms with Gasteiger partial charge in [0.2, 0.25) is 12.4 Å². The number of ether oxygens (including phenoxy) is 2. The van der Waals surface area contributed by atoms with Gasteiger partial charge in [-0.3, -0.25) is 14.4 Å². The van der Waals surface area contributed by atoms with Crippen molar-refractivity contribution in [3.05, 3.63) is 0 Å². The summed E-state index contributed by atoms with van der Waals surface area (Å²) in [5.74, 6) is -1.49. The molecular weight excluding hydrogens is 288 g/mol. The number of nitrogens with two attached hydrogens (primary N) is 2. The van der Waals surface area contributed by atoms with Crippen molar-refractivity contribution in [3.63, 3.8) is 0 Å². The maximum atomic E-state index is 11.8. The summed E-state index contributed by atoms with van der Waals surface area (Å²) in [4.78, 5) is 34.3. The molecule has 127 valence electrons. The van der Waals surface area contributed by atoms with E-state index in [0.29, 0.717) is 6.42 Å². The standard InChI is InChI=1S/C15H27N2O5/c1-5-9(3)12(16)14(19)21-8-11(7-18)22-15(20)13(17)10(4)6-2/h9-13H,5-6,8,16-17H2,1-4H3/t9?,10?,11?,12-,13-/m0/s1. The molecule has 0 aliphatic rings. The lowest BCUT2D eigenvalue weighted by Gasteiger charge is -2.20. The van der Waals surface area contributed by atoms with Gasteiger partial charge in [0.25, 0.3) is 0 Å². The molecular formula is C15H27N2O5. The highest BCUT2D eigenvalue weighted by molar-refractivity contribution is 5.79. The van der Waals surface area contributed by atoms with Crippen LogP contribution in [0, 0.1) is 11.8 Å². The molecule has 1 radical (unpaired) electrons. The van der Waals surface area contributed by atoms with Crippen LogP contribution in [0.3, 0.4) is 0 Å². The van der Waals surface area contributed by atoms with E-state index in [1.807, 2.05) is 20.8 Å². The minimum Gasteiger partial charge on any atom is -0.460 e. The summed E-state index contributed by atoms with van der Waals surface area (Å²) in [5, 5.41) is 0. The summed E-state index contributed by atoms with van der Waals surface area (Å²) in [6, 6.07) is -1.62. The summed E-state index contributed by atoms with van der Waals surface area (Å²) in [5.41, 5.74) is 11.4. The maximum absolute atomic E-state index is 11.8. The lowest BCUT2D eigenvalue weighted by atomic mass is 10.0. The molecule has 0 rings (SSSR count). The topological polar surface area (TPSA) is 122 Å². The second-order valence-corrected chi connectivity index (χ2v) is 5.50. The zero-order valence-corrected chi connectivity index (χ0v) is 13.7. The molecule has 7 nitrogen and oxygen atoms in total. The van der Waals surface area contributed by atoms with E-state index in [9.17, 15) is 14.4 Å². The molecule has 4 N–H and O–H groups in total. The molecule has 0 heterocycles. The van der Waals surface area contributed by atoms with Crippen molar-refractivity contribution >= 4 is 18.2 Å². The number of hydrogen-bond acceptors (Lipinski definition) is 7. The molecule has 0 bridgehead atoms. The van der Waals surface area contributed by atoms with E-state index in [4.69, 9.17) is 20.9 Å². The maximum Gasteiger partial charge on any atom is 0.324 e. The van der Waals surface area contributed by atoms with E-state index in [0.717, 1.165) is 6.42 Å². The van der Waals surface area contributed by atoms with Gasteiger partial charge in [-0.2, -0.15) is 0 Å². The Balaban J connectivity index is 4.41. The average Bonchev–Trinajstić information content (AvgIpc) is 2.54. The number of rotatable bonds is 10. The predicted molar refractivity (Wildman–Crippen MR) is 81.4 cm³/mol. The summed E-state index contributed by atoms with van der Waals surface area (Å²) < 4.78 is 9.80. The summed E-state index contributed by atoms with van der Waals surface area (Å²) in [6.07, 6.45) is 1.64. The first-order valence-electron chi connectivity index (χ1n) is 7.54. The lowest BCUT2D eigenvalue weighted by Crippen LogP contribution is -2.42. The molecule has 0 aromatic rings. The van der Waals surface area contributed by atoms with Gasteiger partial charge in [-0.1, -0.05) is 40.5 Å². The summed E-state index contributed by atoms with van der Waals surface area (Å²) in [6.45, 7) is 7.00. The fraction of sp³-hybridized carbons (Fsp3) is 0.800. The first kappa shape index (κ1) is 20.5. The van der Waals surface area contributed by atoms with Crippen LogP contribution in [0.25, 0.3) is 0 Å². The number of hydrogen-bond donors (Lipinski definition) is 2. The zero-order chi connectivity index (χ0) is 17.3. The van der Waals surface area contributed by atoms with Crippen LogP contribution >= 0.6 is 0 Å². The van der Waals surface area contributed by atoms with Gasteiger partial charge < -0.3 is 20.9 Å². The molecule has 3 unspecified atom stereocenters. The van der Waals surface area contributed by atoms with Gasteiger partial charge in [-0.05, 0) is 11.8 Å². The second-order valence-electron chi connectivity index (χ2n) is 5.50. The number of esters is 2.